The zero-order chi connectivity index (χ0) is 14.8. The van der Waals surface area contributed by atoms with Gasteiger partial charge in [0.1, 0.15) is 6.61 Å². The van der Waals surface area contributed by atoms with Crippen molar-refractivity contribution in [2.75, 3.05) is 24.3 Å². The fourth-order valence-electron chi connectivity index (χ4n) is 2.56. The zero-order valence-corrected chi connectivity index (χ0v) is 11.8. The lowest BCUT2D eigenvalue weighted by Crippen LogP contribution is -2.35. The average Bonchev–Trinajstić information content (AvgIpc) is 2.95. The number of aryl methyl sites for hydroxylation is 1. The summed E-state index contributed by atoms with van der Waals surface area (Å²) in [5.74, 6) is 0.360. The minimum atomic E-state index is -0.173. The number of nitrogens with zero attached hydrogens (tertiary/aromatic N) is 2. The average molecular weight is 287 g/mol. The topological polar surface area (TPSA) is 81.6 Å². The van der Waals surface area contributed by atoms with Crippen LogP contribution in [0.5, 0.6) is 0 Å². The highest BCUT2D eigenvalue weighted by Gasteiger charge is 2.26. The van der Waals surface area contributed by atoms with E-state index in [1.54, 1.807) is 18.1 Å². The van der Waals surface area contributed by atoms with Crippen molar-refractivity contribution in [2.45, 2.75) is 19.4 Å². The van der Waals surface area contributed by atoms with Crippen LogP contribution in [-0.2, 0) is 17.8 Å². The Kier molecular flexibility index (Phi) is 3.62. The lowest BCUT2D eigenvalue weighted by atomic mass is 10.0. The van der Waals surface area contributed by atoms with Gasteiger partial charge in [0.25, 0.3) is 5.91 Å². The molecule has 2 heterocycles. The Hall–Kier alpha value is -2.34. The molecule has 6 heteroatoms. The molecule has 2 N–H and O–H groups in total. The van der Waals surface area contributed by atoms with E-state index < -0.39 is 0 Å². The van der Waals surface area contributed by atoms with Crippen LogP contribution in [0.1, 0.15) is 28.2 Å². The fraction of sp³-hybridized carbons (Fsp3) is 0.333. The summed E-state index contributed by atoms with van der Waals surface area (Å²) in [7, 11) is 1.56. The van der Waals surface area contributed by atoms with Gasteiger partial charge >= 0.3 is 0 Å². The van der Waals surface area contributed by atoms with Crippen molar-refractivity contribution in [3.8, 4) is 0 Å². The first-order chi connectivity index (χ1) is 10.2. The third-order valence-corrected chi connectivity index (χ3v) is 3.54. The molecule has 21 heavy (non-hydrogen) atoms. The molecule has 1 aromatic heterocycles. The maximum absolute atomic E-state index is 12.6. The standard InChI is InChI=1S/C15H17N3O3/c1-20-9-12-8-13(17-21-12)15(19)18-6-2-3-10-4-5-11(16)7-14(10)18/h4-5,7-8H,2-3,6,9,16H2,1H3. The van der Waals surface area contributed by atoms with Crippen molar-refractivity contribution in [1.29, 1.82) is 0 Å². The van der Waals surface area contributed by atoms with E-state index in [1.807, 2.05) is 18.2 Å². The Labute approximate surface area is 122 Å². The summed E-state index contributed by atoms with van der Waals surface area (Å²) in [4.78, 5) is 14.3. The molecule has 0 radical (unpaired) electrons. The number of benzene rings is 1. The molecular formula is C15H17N3O3. The monoisotopic (exact) mass is 287 g/mol. The third-order valence-electron chi connectivity index (χ3n) is 3.54. The van der Waals surface area contributed by atoms with Crippen LogP contribution in [0.15, 0.2) is 28.8 Å². The number of ether oxygens (including phenoxy) is 1. The molecule has 0 fully saturated rings. The summed E-state index contributed by atoms with van der Waals surface area (Å²) in [6.07, 6.45) is 1.87. The predicted molar refractivity (Wildman–Crippen MR) is 78.1 cm³/mol. The minimum absolute atomic E-state index is 0.173. The van der Waals surface area contributed by atoms with Crippen molar-refractivity contribution in [3.05, 3.63) is 41.3 Å². The van der Waals surface area contributed by atoms with Gasteiger partial charge in [0.05, 0.1) is 0 Å². The number of nitrogens with two attached hydrogens (primary N) is 1. The summed E-state index contributed by atoms with van der Waals surface area (Å²) < 4.78 is 10.0. The number of carbonyl (C=O) groups excluding carboxylic acids is 1. The molecular weight excluding hydrogens is 270 g/mol. The highest BCUT2D eigenvalue weighted by atomic mass is 16.5. The fourth-order valence-corrected chi connectivity index (χ4v) is 2.56. The smallest absolute Gasteiger partial charge is 0.280 e. The Morgan fingerprint density at radius 3 is 3.14 bits per heavy atom. The van der Waals surface area contributed by atoms with Crippen LogP contribution in [0.3, 0.4) is 0 Å². The van der Waals surface area contributed by atoms with Crippen molar-refractivity contribution < 1.29 is 14.1 Å². The quantitative estimate of drug-likeness (QED) is 0.873. The molecule has 0 unspecified atom stereocenters. The second-order valence-electron chi connectivity index (χ2n) is 5.06. The van der Waals surface area contributed by atoms with E-state index in [2.05, 4.69) is 5.16 Å². The van der Waals surface area contributed by atoms with Gasteiger partial charge in [0, 0.05) is 31.1 Å². The Balaban J connectivity index is 1.90. The molecule has 0 atom stereocenters. The second-order valence-corrected chi connectivity index (χ2v) is 5.06. The number of carbonyl (C=O) groups is 1. The molecule has 1 aromatic carbocycles. The van der Waals surface area contributed by atoms with Gasteiger partial charge in [-0.05, 0) is 30.5 Å². The molecule has 3 rings (SSSR count). The molecule has 1 aliphatic heterocycles. The molecule has 6 nitrogen and oxygen atoms in total. The van der Waals surface area contributed by atoms with Crippen molar-refractivity contribution >= 4 is 17.3 Å². The number of hydrogen-bond donors (Lipinski definition) is 1. The number of anilines is 2. The van der Waals surface area contributed by atoms with Gasteiger partial charge in [-0.3, -0.25) is 4.79 Å². The lowest BCUT2D eigenvalue weighted by Gasteiger charge is -2.29. The molecule has 0 aliphatic carbocycles. The second kappa shape index (κ2) is 5.57. The molecule has 2 aromatic rings. The Morgan fingerprint density at radius 1 is 1.48 bits per heavy atom. The molecule has 0 spiro atoms. The van der Waals surface area contributed by atoms with E-state index in [1.165, 1.54) is 0 Å². The first-order valence-corrected chi connectivity index (χ1v) is 6.84. The van der Waals surface area contributed by atoms with Crippen molar-refractivity contribution in [1.82, 2.24) is 5.16 Å². The van der Waals surface area contributed by atoms with Crippen LogP contribution < -0.4 is 10.6 Å². The highest BCUT2D eigenvalue weighted by molar-refractivity contribution is 6.05. The normalized spacial score (nSPS) is 14.0. The number of nitrogen functional groups attached to an aromatic ring is 1. The highest BCUT2D eigenvalue weighted by Crippen LogP contribution is 2.30. The van der Waals surface area contributed by atoms with E-state index in [-0.39, 0.29) is 11.6 Å². The van der Waals surface area contributed by atoms with Crippen LogP contribution in [-0.4, -0.2) is 24.7 Å². The van der Waals surface area contributed by atoms with E-state index in [4.69, 9.17) is 15.0 Å². The first-order valence-electron chi connectivity index (χ1n) is 6.84. The van der Waals surface area contributed by atoms with Crippen LogP contribution in [0.25, 0.3) is 0 Å². The van der Waals surface area contributed by atoms with Gasteiger partial charge in [-0.2, -0.15) is 0 Å². The van der Waals surface area contributed by atoms with Crippen LogP contribution in [0.4, 0.5) is 11.4 Å². The molecule has 0 saturated carbocycles. The van der Waals surface area contributed by atoms with E-state index in [0.717, 1.165) is 24.1 Å². The summed E-state index contributed by atoms with van der Waals surface area (Å²) in [5, 5.41) is 3.83. The summed E-state index contributed by atoms with van der Waals surface area (Å²) in [6.45, 7) is 0.950. The van der Waals surface area contributed by atoms with Gasteiger partial charge in [0.2, 0.25) is 0 Å². The molecule has 110 valence electrons. The first kappa shape index (κ1) is 13.6. The van der Waals surface area contributed by atoms with E-state index in [0.29, 0.717) is 24.6 Å². The van der Waals surface area contributed by atoms with Crippen LogP contribution in [0, 0.1) is 0 Å². The zero-order valence-electron chi connectivity index (χ0n) is 11.8. The van der Waals surface area contributed by atoms with Gasteiger partial charge in [-0.15, -0.1) is 0 Å². The number of hydrogen-bond acceptors (Lipinski definition) is 5. The Bertz CT molecular complexity index is 666. The number of amides is 1. The summed E-state index contributed by atoms with van der Waals surface area (Å²) in [5.41, 5.74) is 8.77. The third kappa shape index (κ3) is 2.62. The van der Waals surface area contributed by atoms with Gasteiger partial charge < -0.3 is 19.9 Å². The molecule has 1 aliphatic rings. The van der Waals surface area contributed by atoms with Gasteiger partial charge in [-0.1, -0.05) is 11.2 Å². The lowest BCUT2D eigenvalue weighted by molar-refractivity contribution is 0.0975. The summed E-state index contributed by atoms with van der Waals surface area (Å²) in [6, 6.07) is 7.29. The maximum Gasteiger partial charge on any atom is 0.280 e. The number of aromatic nitrogens is 1. The van der Waals surface area contributed by atoms with E-state index >= 15 is 0 Å². The maximum atomic E-state index is 12.6. The number of rotatable bonds is 3. The summed E-state index contributed by atoms with van der Waals surface area (Å²) >= 11 is 0. The van der Waals surface area contributed by atoms with Gasteiger partial charge in [-0.25, -0.2) is 0 Å². The predicted octanol–water partition coefficient (Wildman–Crippen LogP) is 2.00. The van der Waals surface area contributed by atoms with Crippen LogP contribution in [0.2, 0.25) is 0 Å². The molecule has 0 bridgehead atoms. The molecule has 1 amide bonds. The van der Waals surface area contributed by atoms with Crippen molar-refractivity contribution in [2.24, 2.45) is 0 Å². The largest absolute Gasteiger partial charge is 0.399 e. The molecule has 0 saturated heterocycles. The SMILES string of the molecule is COCc1cc(C(=O)N2CCCc3ccc(N)cc32)no1. The Morgan fingerprint density at radius 2 is 2.33 bits per heavy atom. The minimum Gasteiger partial charge on any atom is -0.399 e. The number of methoxy groups -OCH3 is 1. The number of fused-ring (bicyclic) bond motifs is 1. The van der Waals surface area contributed by atoms with Gasteiger partial charge in [0.15, 0.2) is 11.5 Å². The van der Waals surface area contributed by atoms with Crippen molar-refractivity contribution in [3.63, 3.8) is 0 Å². The van der Waals surface area contributed by atoms with E-state index in [9.17, 15) is 4.79 Å². The van der Waals surface area contributed by atoms with Crippen LogP contribution >= 0.6 is 0 Å².